The number of amides is 2. The number of hydrogen-bond acceptors (Lipinski definition) is 2. The zero-order valence-corrected chi connectivity index (χ0v) is 13.2. The fourth-order valence-corrected chi connectivity index (χ4v) is 2.45. The molecule has 1 heterocycles. The van der Waals surface area contributed by atoms with Crippen molar-refractivity contribution in [1.29, 1.82) is 0 Å². The smallest absolute Gasteiger partial charge is 0.319 e. The highest BCUT2D eigenvalue weighted by Gasteiger charge is 2.38. The van der Waals surface area contributed by atoms with Gasteiger partial charge in [-0.2, -0.15) is 0 Å². The van der Waals surface area contributed by atoms with Crippen LogP contribution in [0.25, 0.3) is 0 Å². The minimum absolute atomic E-state index is 0.0558. The molecule has 0 aromatic heterocycles. The Kier molecular flexibility index (Phi) is 5.84. The van der Waals surface area contributed by atoms with Crippen LogP contribution in [0.4, 0.5) is 4.79 Å². The van der Waals surface area contributed by atoms with Gasteiger partial charge in [0.15, 0.2) is 0 Å². The highest BCUT2D eigenvalue weighted by atomic mass is 16.4. The lowest BCUT2D eigenvalue weighted by atomic mass is 9.80. The van der Waals surface area contributed by atoms with Gasteiger partial charge < -0.3 is 14.9 Å². The normalized spacial score (nSPS) is 19.5. The van der Waals surface area contributed by atoms with E-state index in [1.54, 1.807) is 11.8 Å². The van der Waals surface area contributed by atoms with Crippen LogP contribution in [0.1, 0.15) is 47.0 Å². The van der Waals surface area contributed by atoms with Crippen LogP contribution in [0.2, 0.25) is 0 Å². The molecule has 1 rings (SSSR count). The monoisotopic (exact) mass is 284 g/mol. The summed E-state index contributed by atoms with van der Waals surface area (Å²) in [5, 5.41) is 9.21. The molecule has 5 nitrogen and oxygen atoms in total. The zero-order chi connectivity index (χ0) is 15.3. The van der Waals surface area contributed by atoms with Gasteiger partial charge in [-0.25, -0.2) is 4.79 Å². The number of rotatable bonds is 5. The maximum atomic E-state index is 12.5. The zero-order valence-electron chi connectivity index (χ0n) is 13.2. The summed E-state index contributed by atoms with van der Waals surface area (Å²) < 4.78 is 0. The van der Waals surface area contributed by atoms with Crippen LogP contribution in [-0.2, 0) is 4.79 Å². The minimum atomic E-state index is -0.753. The summed E-state index contributed by atoms with van der Waals surface area (Å²) in [5.74, 6) is -0.260. The van der Waals surface area contributed by atoms with Crippen LogP contribution in [0, 0.1) is 11.3 Å². The predicted molar refractivity (Wildman–Crippen MR) is 78.6 cm³/mol. The van der Waals surface area contributed by atoms with Gasteiger partial charge in [0.1, 0.15) is 0 Å². The van der Waals surface area contributed by atoms with Crippen molar-refractivity contribution in [2.45, 2.75) is 47.0 Å². The first-order valence-corrected chi connectivity index (χ1v) is 7.61. The molecule has 1 unspecified atom stereocenters. The second-order valence-electron chi connectivity index (χ2n) is 6.19. The lowest BCUT2D eigenvalue weighted by molar-refractivity contribution is -0.150. The molecular weight excluding hydrogens is 256 g/mol. The van der Waals surface area contributed by atoms with Crippen molar-refractivity contribution in [3.05, 3.63) is 0 Å². The average Bonchev–Trinajstić information content (AvgIpc) is 2.44. The van der Waals surface area contributed by atoms with Crippen LogP contribution >= 0.6 is 0 Å². The van der Waals surface area contributed by atoms with Gasteiger partial charge >= 0.3 is 12.0 Å². The Morgan fingerprint density at radius 1 is 1.30 bits per heavy atom. The fraction of sp³-hybridized carbons (Fsp3) is 0.867. The van der Waals surface area contributed by atoms with Crippen molar-refractivity contribution >= 4 is 12.0 Å². The van der Waals surface area contributed by atoms with Crippen molar-refractivity contribution in [3.8, 4) is 0 Å². The minimum Gasteiger partial charge on any atom is -0.481 e. The van der Waals surface area contributed by atoms with E-state index in [1.165, 1.54) is 0 Å². The molecule has 1 fully saturated rings. The molecule has 0 saturated carbocycles. The van der Waals surface area contributed by atoms with Crippen molar-refractivity contribution < 1.29 is 14.7 Å². The Hall–Kier alpha value is -1.26. The number of carbonyl (C=O) groups is 2. The SMILES string of the molecule is CCC(C)CN(CC)C(=O)N1CCC(C)(C(=O)O)CC1. The third-order valence-electron chi connectivity index (χ3n) is 4.54. The number of carboxylic acid groups (broad SMARTS) is 1. The number of carbonyl (C=O) groups excluding carboxylic acids is 1. The number of urea groups is 1. The molecule has 0 bridgehead atoms. The van der Waals surface area contributed by atoms with Gasteiger partial charge in [-0.3, -0.25) is 4.79 Å². The van der Waals surface area contributed by atoms with Gasteiger partial charge in [0.2, 0.25) is 0 Å². The maximum absolute atomic E-state index is 12.5. The lowest BCUT2D eigenvalue weighted by Gasteiger charge is -2.39. The number of aliphatic carboxylic acids is 1. The van der Waals surface area contributed by atoms with Crippen LogP contribution in [-0.4, -0.2) is 53.1 Å². The highest BCUT2D eigenvalue weighted by Crippen LogP contribution is 2.31. The predicted octanol–water partition coefficient (Wildman–Crippen LogP) is 2.66. The summed E-state index contributed by atoms with van der Waals surface area (Å²) in [6.07, 6.45) is 2.13. The van der Waals surface area contributed by atoms with Gasteiger partial charge in [0.25, 0.3) is 0 Å². The van der Waals surface area contributed by atoms with Gasteiger partial charge in [0.05, 0.1) is 5.41 Å². The molecule has 5 heteroatoms. The molecule has 1 aliphatic heterocycles. The van der Waals surface area contributed by atoms with Crippen LogP contribution in [0.15, 0.2) is 0 Å². The number of hydrogen-bond donors (Lipinski definition) is 1. The topological polar surface area (TPSA) is 60.9 Å². The summed E-state index contributed by atoms with van der Waals surface area (Å²) in [6.45, 7) is 10.6. The molecule has 0 radical (unpaired) electrons. The molecule has 1 aliphatic rings. The fourth-order valence-electron chi connectivity index (χ4n) is 2.45. The molecular formula is C15H28N2O3. The van der Waals surface area contributed by atoms with Gasteiger partial charge in [0, 0.05) is 26.2 Å². The number of piperidine rings is 1. The van der Waals surface area contributed by atoms with Crippen molar-refractivity contribution in [3.63, 3.8) is 0 Å². The standard InChI is InChI=1S/C15H28N2O3/c1-5-12(3)11-16(6-2)14(20)17-9-7-15(4,8-10-17)13(18)19/h12H,5-11H2,1-4H3,(H,18,19). The molecule has 1 N–H and O–H groups in total. The van der Waals surface area contributed by atoms with Crippen molar-refractivity contribution in [1.82, 2.24) is 9.80 Å². The Morgan fingerprint density at radius 3 is 2.25 bits per heavy atom. The molecule has 1 atom stereocenters. The lowest BCUT2D eigenvalue weighted by Crippen LogP contribution is -2.50. The summed E-state index contributed by atoms with van der Waals surface area (Å²) in [5.41, 5.74) is -0.676. The molecule has 0 aromatic rings. The van der Waals surface area contributed by atoms with E-state index in [0.717, 1.165) is 13.0 Å². The van der Waals surface area contributed by atoms with E-state index in [-0.39, 0.29) is 6.03 Å². The van der Waals surface area contributed by atoms with E-state index >= 15 is 0 Å². The first-order chi connectivity index (χ1) is 9.34. The van der Waals surface area contributed by atoms with E-state index in [2.05, 4.69) is 13.8 Å². The Labute approximate surface area is 121 Å². The summed E-state index contributed by atoms with van der Waals surface area (Å²) in [7, 11) is 0. The summed E-state index contributed by atoms with van der Waals surface area (Å²) >= 11 is 0. The van der Waals surface area contributed by atoms with Crippen molar-refractivity contribution in [2.24, 2.45) is 11.3 Å². The molecule has 20 heavy (non-hydrogen) atoms. The largest absolute Gasteiger partial charge is 0.481 e. The Morgan fingerprint density at radius 2 is 1.85 bits per heavy atom. The molecule has 1 saturated heterocycles. The average molecular weight is 284 g/mol. The number of carboxylic acids is 1. The van der Waals surface area contributed by atoms with Gasteiger partial charge in [-0.05, 0) is 32.6 Å². The van der Waals surface area contributed by atoms with Crippen molar-refractivity contribution in [2.75, 3.05) is 26.2 Å². The quantitative estimate of drug-likeness (QED) is 0.844. The molecule has 0 aromatic carbocycles. The Bertz CT molecular complexity index is 349. The first kappa shape index (κ1) is 16.8. The molecule has 0 aliphatic carbocycles. The molecule has 2 amide bonds. The molecule has 0 spiro atoms. The van der Waals surface area contributed by atoms with E-state index in [9.17, 15) is 14.7 Å². The third kappa shape index (κ3) is 3.87. The van der Waals surface area contributed by atoms with Crippen LogP contribution in [0.5, 0.6) is 0 Å². The summed E-state index contributed by atoms with van der Waals surface area (Å²) in [4.78, 5) is 27.4. The molecule has 116 valence electrons. The van der Waals surface area contributed by atoms with Crippen LogP contribution < -0.4 is 0 Å². The van der Waals surface area contributed by atoms with Gasteiger partial charge in [-0.1, -0.05) is 20.3 Å². The number of nitrogens with zero attached hydrogens (tertiary/aromatic N) is 2. The number of likely N-dealkylation sites (tertiary alicyclic amines) is 1. The maximum Gasteiger partial charge on any atom is 0.319 e. The Balaban J connectivity index is 2.59. The van der Waals surface area contributed by atoms with E-state index in [4.69, 9.17) is 0 Å². The van der Waals surface area contributed by atoms with E-state index < -0.39 is 11.4 Å². The second kappa shape index (κ2) is 6.95. The van der Waals surface area contributed by atoms with Crippen LogP contribution in [0.3, 0.4) is 0 Å². The first-order valence-electron chi connectivity index (χ1n) is 7.61. The van der Waals surface area contributed by atoms with E-state index in [0.29, 0.717) is 38.4 Å². The van der Waals surface area contributed by atoms with E-state index in [1.807, 2.05) is 11.8 Å². The van der Waals surface area contributed by atoms with Gasteiger partial charge in [-0.15, -0.1) is 0 Å². The summed E-state index contributed by atoms with van der Waals surface area (Å²) in [6, 6.07) is 0.0558. The highest BCUT2D eigenvalue weighted by molar-refractivity contribution is 5.77. The third-order valence-corrected chi connectivity index (χ3v) is 4.54. The second-order valence-corrected chi connectivity index (χ2v) is 6.19.